The number of carbonyl (C=O) groups excluding carboxylic acids is 5. The molecule has 16 nitrogen and oxygen atoms in total. The molecule has 5 aliphatic heterocycles. The molecule has 4 fully saturated rings. The zero-order chi connectivity index (χ0) is 44.5. The van der Waals surface area contributed by atoms with Crippen molar-refractivity contribution in [3.63, 3.8) is 0 Å². The normalized spacial score (nSPS) is 19.9. The first-order valence-corrected chi connectivity index (χ1v) is 23.1. The van der Waals surface area contributed by atoms with Crippen molar-refractivity contribution in [2.24, 2.45) is 11.8 Å². The summed E-state index contributed by atoms with van der Waals surface area (Å²) in [6.45, 7) is 13.7. The van der Waals surface area contributed by atoms with Gasteiger partial charge in [0.2, 0.25) is 5.91 Å². The van der Waals surface area contributed by atoms with E-state index in [2.05, 4.69) is 29.0 Å². The van der Waals surface area contributed by atoms with E-state index in [0.717, 1.165) is 80.2 Å². The maximum Gasteiger partial charge on any atom is 0.417 e. The Balaban J connectivity index is 0.000000249. The number of carbonyl (C=O) groups is 5. The van der Waals surface area contributed by atoms with Crippen LogP contribution in [0.5, 0.6) is 0 Å². The number of hydrogen-bond donors (Lipinski definition) is 2. The molecule has 1 aromatic heterocycles. The van der Waals surface area contributed by atoms with Gasteiger partial charge in [-0.05, 0) is 112 Å². The Bertz CT molecular complexity index is 2130. The average Bonchev–Trinajstić information content (AvgIpc) is 3.82. The quantitative estimate of drug-likeness (QED) is 0.232. The Labute approximate surface area is 369 Å². The third-order valence-corrected chi connectivity index (χ3v) is 13.4. The Morgan fingerprint density at radius 3 is 2.24 bits per heavy atom. The molecule has 2 N–H and O–H groups in total. The number of para-hydroxylation sites is 1. The molecule has 4 saturated heterocycles. The second-order valence-corrected chi connectivity index (χ2v) is 18.1. The van der Waals surface area contributed by atoms with Crippen LogP contribution in [-0.4, -0.2) is 144 Å². The zero-order valence-electron chi connectivity index (χ0n) is 37.2. The number of piperidine rings is 3. The van der Waals surface area contributed by atoms with E-state index in [9.17, 15) is 28.8 Å². The standard InChI is InChI=1S/C32H39N5O6.C15H26N2O3/c1-20-7-12-35(13-8-20)29(38)27(19-22-17-21(2)28-26(18-22)42-31(40)34-28)43-32(41)36-14-10-24(11-15-36)37-16-9-23-5-3-4-6-25(23)33-30(37)39;1-13-4-8-16(9-5-13)10-6-15(19)20-12-11-17-7-2-3-14(17)18/h3-6,17-18,20,24,27H,7-16,19H2,1-2H3,(H,33,39)(H,34,40);13H,2-12H2,1H3/t27-;/m1./s1. The molecule has 0 aliphatic carbocycles. The number of amides is 5. The van der Waals surface area contributed by atoms with Gasteiger partial charge in [-0.3, -0.25) is 19.4 Å². The third-order valence-electron chi connectivity index (χ3n) is 13.4. The van der Waals surface area contributed by atoms with Crippen molar-refractivity contribution in [3.05, 3.63) is 63.6 Å². The molecular weight excluding hydrogens is 807 g/mol. The van der Waals surface area contributed by atoms with Crippen molar-refractivity contribution in [2.45, 2.75) is 104 Å². The molecule has 5 amide bonds. The van der Waals surface area contributed by atoms with Crippen LogP contribution in [0, 0.1) is 18.8 Å². The van der Waals surface area contributed by atoms with E-state index in [0.29, 0.717) is 88.6 Å². The smallest absolute Gasteiger partial charge is 0.417 e. The van der Waals surface area contributed by atoms with Crippen LogP contribution >= 0.6 is 0 Å². The van der Waals surface area contributed by atoms with E-state index >= 15 is 0 Å². The van der Waals surface area contributed by atoms with Crippen molar-refractivity contribution in [3.8, 4) is 0 Å². The summed E-state index contributed by atoms with van der Waals surface area (Å²) in [6, 6.07) is 11.4. The number of aromatic nitrogens is 1. The fourth-order valence-corrected chi connectivity index (χ4v) is 9.35. The van der Waals surface area contributed by atoms with Gasteiger partial charge in [-0.25, -0.2) is 14.4 Å². The lowest BCUT2D eigenvalue weighted by Crippen LogP contribution is -2.51. The number of benzene rings is 2. The van der Waals surface area contributed by atoms with E-state index in [-0.39, 0.29) is 36.3 Å². The Morgan fingerprint density at radius 1 is 0.825 bits per heavy atom. The van der Waals surface area contributed by atoms with Gasteiger partial charge in [-0.15, -0.1) is 0 Å². The molecule has 3 aromatic rings. The average molecular weight is 872 g/mol. The second-order valence-electron chi connectivity index (χ2n) is 18.1. The molecule has 2 aromatic carbocycles. The van der Waals surface area contributed by atoms with Crippen molar-refractivity contribution >= 4 is 46.7 Å². The fraction of sp³-hybridized carbons (Fsp3) is 0.617. The zero-order valence-corrected chi connectivity index (χ0v) is 37.2. The number of fused-ring (bicyclic) bond motifs is 2. The van der Waals surface area contributed by atoms with E-state index in [1.54, 1.807) is 20.8 Å². The largest absolute Gasteiger partial charge is 0.464 e. The summed E-state index contributed by atoms with van der Waals surface area (Å²) in [5, 5.41) is 3.03. The predicted octanol–water partition coefficient (Wildman–Crippen LogP) is 5.56. The number of esters is 1. The molecule has 6 heterocycles. The summed E-state index contributed by atoms with van der Waals surface area (Å²) < 4.78 is 16.4. The highest BCUT2D eigenvalue weighted by Gasteiger charge is 2.35. The Hall–Kier alpha value is -5.38. The van der Waals surface area contributed by atoms with Crippen molar-refractivity contribution in [1.29, 1.82) is 0 Å². The summed E-state index contributed by atoms with van der Waals surface area (Å²) in [5.41, 5.74) is 4.55. The Kier molecular flexibility index (Phi) is 15.5. The minimum Gasteiger partial charge on any atom is -0.464 e. The first-order valence-electron chi connectivity index (χ1n) is 23.1. The number of anilines is 1. The highest BCUT2D eigenvalue weighted by molar-refractivity contribution is 5.91. The van der Waals surface area contributed by atoms with E-state index in [1.807, 2.05) is 42.2 Å². The van der Waals surface area contributed by atoms with Gasteiger partial charge in [0.15, 0.2) is 11.7 Å². The number of hydrogen-bond acceptors (Lipinski definition) is 10. The molecule has 0 radical (unpaired) electrons. The first kappa shape index (κ1) is 45.6. The summed E-state index contributed by atoms with van der Waals surface area (Å²) in [5.74, 6) is 0.662. The van der Waals surface area contributed by atoms with Crippen molar-refractivity contribution in [1.82, 2.24) is 29.5 Å². The minimum atomic E-state index is -1.00. The molecule has 0 unspecified atom stereocenters. The number of nitrogens with zero attached hydrogens (tertiary/aromatic N) is 5. The lowest BCUT2D eigenvalue weighted by Gasteiger charge is -2.38. The van der Waals surface area contributed by atoms with Gasteiger partial charge in [0, 0.05) is 70.4 Å². The number of urea groups is 1. The monoisotopic (exact) mass is 871 g/mol. The van der Waals surface area contributed by atoms with Crippen LogP contribution < -0.4 is 11.1 Å². The summed E-state index contributed by atoms with van der Waals surface area (Å²) in [4.78, 5) is 87.1. The van der Waals surface area contributed by atoms with Gasteiger partial charge in [-0.2, -0.15) is 0 Å². The van der Waals surface area contributed by atoms with Crippen LogP contribution in [0.15, 0.2) is 45.6 Å². The van der Waals surface area contributed by atoms with Crippen LogP contribution in [0.3, 0.4) is 0 Å². The fourth-order valence-electron chi connectivity index (χ4n) is 9.35. The number of rotatable bonds is 11. The predicted molar refractivity (Wildman–Crippen MR) is 237 cm³/mol. The number of aryl methyl sites for hydroxylation is 1. The summed E-state index contributed by atoms with van der Waals surface area (Å²) >= 11 is 0. The van der Waals surface area contributed by atoms with E-state index in [4.69, 9.17) is 13.9 Å². The number of likely N-dealkylation sites (tertiary alicyclic amines) is 4. The molecule has 0 saturated carbocycles. The van der Waals surface area contributed by atoms with Crippen molar-refractivity contribution < 1.29 is 37.9 Å². The van der Waals surface area contributed by atoms with Gasteiger partial charge in [0.25, 0.3) is 5.91 Å². The molecule has 0 bridgehead atoms. The summed E-state index contributed by atoms with van der Waals surface area (Å²) in [7, 11) is 0. The number of ether oxygens (including phenoxy) is 2. The molecule has 8 rings (SSSR count). The SMILES string of the molecule is CC1CCN(CCC(=O)OCCN2CCCC2=O)CC1.Cc1cc(C[C@@H](OC(=O)N2CCC(N3CCc4ccccc4NC3=O)CC2)C(=O)N2CCC(C)CC2)cc2oc(=O)[nH]c12. The minimum absolute atomic E-state index is 0.0110. The lowest BCUT2D eigenvalue weighted by atomic mass is 9.98. The number of nitrogens with one attached hydrogen (secondary N) is 2. The van der Waals surface area contributed by atoms with Crippen molar-refractivity contribution in [2.75, 3.05) is 77.4 Å². The van der Waals surface area contributed by atoms with Gasteiger partial charge in [0.1, 0.15) is 6.61 Å². The van der Waals surface area contributed by atoms with Crippen LogP contribution in [0.4, 0.5) is 15.3 Å². The second kappa shape index (κ2) is 21.3. The lowest BCUT2D eigenvalue weighted by molar-refractivity contribution is -0.145. The summed E-state index contributed by atoms with van der Waals surface area (Å²) in [6.07, 6.45) is 6.98. The van der Waals surface area contributed by atoms with Gasteiger partial charge >= 0.3 is 23.8 Å². The molecule has 1 atom stereocenters. The third kappa shape index (κ3) is 12.2. The van der Waals surface area contributed by atoms with Gasteiger partial charge in [-0.1, -0.05) is 38.1 Å². The molecule has 16 heteroatoms. The van der Waals surface area contributed by atoms with Crippen LogP contribution in [-0.2, 0) is 36.7 Å². The molecule has 5 aliphatic rings. The maximum absolute atomic E-state index is 13.7. The van der Waals surface area contributed by atoms with Crippen LogP contribution in [0.25, 0.3) is 11.1 Å². The van der Waals surface area contributed by atoms with E-state index in [1.165, 1.54) is 12.8 Å². The highest BCUT2D eigenvalue weighted by Crippen LogP contribution is 2.27. The topological polar surface area (TPSA) is 178 Å². The van der Waals surface area contributed by atoms with Crippen LogP contribution in [0.2, 0.25) is 0 Å². The van der Waals surface area contributed by atoms with Crippen LogP contribution in [0.1, 0.15) is 88.3 Å². The maximum atomic E-state index is 13.7. The van der Waals surface area contributed by atoms with Gasteiger partial charge < -0.3 is 43.7 Å². The number of oxazole rings is 1. The van der Waals surface area contributed by atoms with Gasteiger partial charge in [0.05, 0.1) is 18.5 Å². The molecule has 63 heavy (non-hydrogen) atoms. The Morgan fingerprint density at radius 2 is 1.52 bits per heavy atom. The molecular formula is C47H65N7O9. The number of H-pyrrole nitrogens is 1. The molecule has 0 spiro atoms. The highest BCUT2D eigenvalue weighted by atomic mass is 16.6. The molecule has 342 valence electrons. The van der Waals surface area contributed by atoms with E-state index < -0.39 is 18.0 Å². The first-order chi connectivity index (χ1) is 30.4. The number of aromatic amines is 1.